The molecule has 0 fully saturated rings. The van der Waals surface area contributed by atoms with Crippen LogP contribution in [0.15, 0.2) is 0 Å². The maximum absolute atomic E-state index is 12.2. The fourth-order valence-electron chi connectivity index (χ4n) is 1.72. The van der Waals surface area contributed by atoms with Gasteiger partial charge in [0.1, 0.15) is 5.82 Å². The molecule has 1 heterocycles. The molecule has 0 aliphatic rings. The van der Waals surface area contributed by atoms with Crippen LogP contribution in [0.2, 0.25) is 0 Å². The number of nitrogens with one attached hydrogen (secondary N) is 3. The summed E-state index contributed by atoms with van der Waals surface area (Å²) in [6, 6.07) is 0. The molecule has 7 heteroatoms. The molecular weight excluding hydrogens is 268 g/mol. The largest absolute Gasteiger partial charge is 0.369 e. The minimum absolute atomic E-state index is 0.258. The lowest BCUT2D eigenvalue weighted by atomic mass is 10.3. The second-order valence-corrected chi connectivity index (χ2v) is 4.75. The molecule has 118 valence electrons. The lowest BCUT2D eigenvalue weighted by molar-refractivity contribution is 0.0950. The molecule has 0 radical (unpaired) electrons. The molecule has 1 aromatic rings. The zero-order chi connectivity index (χ0) is 15.7. The standard InChI is InChI=1S/C14H26N6O/c1-4-7-16-12-10(3)19-13(17-8-5-2)11(20-12)14(21)18-9-6-15/h4-9,15H2,1-3H3,(H,16,20)(H,17,19)(H,18,21). The second kappa shape index (κ2) is 9.12. The highest BCUT2D eigenvalue weighted by Gasteiger charge is 2.17. The summed E-state index contributed by atoms with van der Waals surface area (Å²) in [5.74, 6) is 0.911. The molecule has 0 aliphatic heterocycles. The number of amides is 1. The van der Waals surface area contributed by atoms with Crippen LogP contribution in [-0.4, -0.2) is 42.1 Å². The Kier molecular flexibility index (Phi) is 7.45. The van der Waals surface area contributed by atoms with Crippen LogP contribution in [0, 0.1) is 6.92 Å². The summed E-state index contributed by atoms with van der Waals surface area (Å²) < 4.78 is 0. The van der Waals surface area contributed by atoms with Crippen molar-refractivity contribution in [2.45, 2.75) is 33.6 Å². The fraction of sp³-hybridized carbons (Fsp3) is 0.643. The molecule has 1 amide bonds. The number of hydrogen-bond acceptors (Lipinski definition) is 6. The molecule has 5 N–H and O–H groups in total. The van der Waals surface area contributed by atoms with Gasteiger partial charge in [0.05, 0.1) is 5.69 Å². The predicted octanol–water partition coefficient (Wildman–Crippen LogP) is 1.12. The molecule has 21 heavy (non-hydrogen) atoms. The fourth-order valence-corrected chi connectivity index (χ4v) is 1.72. The van der Waals surface area contributed by atoms with E-state index in [0.29, 0.717) is 30.4 Å². The van der Waals surface area contributed by atoms with E-state index in [1.807, 2.05) is 6.92 Å². The smallest absolute Gasteiger partial charge is 0.273 e. The molecule has 1 aromatic heterocycles. The zero-order valence-electron chi connectivity index (χ0n) is 13.1. The van der Waals surface area contributed by atoms with Crippen LogP contribution in [0.1, 0.15) is 42.9 Å². The van der Waals surface area contributed by atoms with E-state index in [2.05, 4.69) is 39.8 Å². The molecule has 1 rings (SSSR count). The minimum atomic E-state index is -0.258. The number of rotatable bonds is 9. The molecule has 0 unspecified atom stereocenters. The van der Waals surface area contributed by atoms with Crippen molar-refractivity contribution in [1.29, 1.82) is 0 Å². The third-order valence-electron chi connectivity index (χ3n) is 2.80. The van der Waals surface area contributed by atoms with Crippen LogP contribution in [0.25, 0.3) is 0 Å². The average molecular weight is 294 g/mol. The van der Waals surface area contributed by atoms with Crippen LogP contribution in [0.5, 0.6) is 0 Å². The van der Waals surface area contributed by atoms with Gasteiger partial charge in [-0.15, -0.1) is 0 Å². The third kappa shape index (κ3) is 5.18. The predicted molar refractivity (Wildman–Crippen MR) is 85.7 cm³/mol. The van der Waals surface area contributed by atoms with Gasteiger partial charge in [0.15, 0.2) is 11.5 Å². The van der Waals surface area contributed by atoms with Gasteiger partial charge in [-0.2, -0.15) is 0 Å². The van der Waals surface area contributed by atoms with Crippen LogP contribution in [0.4, 0.5) is 11.6 Å². The molecule has 0 saturated heterocycles. The van der Waals surface area contributed by atoms with Crippen LogP contribution >= 0.6 is 0 Å². The molecule has 0 atom stereocenters. The second-order valence-electron chi connectivity index (χ2n) is 4.75. The van der Waals surface area contributed by atoms with Gasteiger partial charge >= 0.3 is 0 Å². The first-order valence-corrected chi connectivity index (χ1v) is 7.48. The minimum Gasteiger partial charge on any atom is -0.369 e. The zero-order valence-corrected chi connectivity index (χ0v) is 13.1. The molecule has 0 saturated carbocycles. The highest BCUT2D eigenvalue weighted by molar-refractivity contribution is 5.97. The van der Waals surface area contributed by atoms with Crippen molar-refractivity contribution in [3.63, 3.8) is 0 Å². The normalized spacial score (nSPS) is 10.3. The first kappa shape index (κ1) is 17.2. The summed E-state index contributed by atoms with van der Waals surface area (Å²) in [5.41, 5.74) is 6.50. The number of aryl methyl sites for hydroxylation is 1. The Morgan fingerprint density at radius 3 is 2.24 bits per heavy atom. The maximum atomic E-state index is 12.2. The van der Waals surface area contributed by atoms with E-state index in [9.17, 15) is 4.79 Å². The van der Waals surface area contributed by atoms with E-state index in [0.717, 1.165) is 31.6 Å². The Balaban J connectivity index is 3.04. The summed E-state index contributed by atoms with van der Waals surface area (Å²) in [6.07, 6.45) is 1.92. The molecule has 7 nitrogen and oxygen atoms in total. The lowest BCUT2D eigenvalue weighted by Crippen LogP contribution is -2.31. The Labute approximate surface area is 126 Å². The van der Waals surface area contributed by atoms with Gasteiger partial charge in [-0.05, 0) is 19.8 Å². The molecule has 0 aromatic carbocycles. The number of aromatic nitrogens is 2. The van der Waals surface area contributed by atoms with Crippen molar-refractivity contribution < 1.29 is 4.79 Å². The van der Waals surface area contributed by atoms with Crippen molar-refractivity contribution in [2.75, 3.05) is 36.8 Å². The van der Waals surface area contributed by atoms with Gasteiger partial charge in [0.25, 0.3) is 5.91 Å². The van der Waals surface area contributed by atoms with Gasteiger partial charge in [0.2, 0.25) is 0 Å². The Morgan fingerprint density at radius 2 is 1.67 bits per heavy atom. The van der Waals surface area contributed by atoms with Crippen molar-refractivity contribution in [3.05, 3.63) is 11.4 Å². The van der Waals surface area contributed by atoms with E-state index in [1.54, 1.807) is 0 Å². The SMILES string of the molecule is CCCNc1nc(C(=O)NCCN)c(NCCC)nc1C. The quantitative estimate of drug-likeness (QED) is 0.544. The number of anilines is 2. The van der Waals surface area contributed by atoms with Gasteiger partial charge in [-0.3, -0.25) is 4.79 Å². The number of carbonyl (C=O) groups excluding carboxylic acids is 1. The van der Waals surface area contributed by atoms with E-state index in [-0.39, 0.29) is 5.91 Å². The highest BCUT2D eigenvalue weighted by atomic mass is 16.1. The molecule has 0 bridgehead atoms. The summed E-state index contributed by atoms with van der Waals surface area (Å²) in [6.45, 7) is 8.35. The number of carbonyl (C=O) groups is 1. The Hall–Kier alpha value is -1.89. The topological polar surface area (TPSA) is 105 Å². The number of nitrogens with zero attached hydrogens (tertiary/aromatic N) is 2. The van der Waals surface area contributed by atoms with Crippen LogP contribution < -0.4 is 21.7 Å². The highest BCUT2D eigenvalue weighted by Crippen LogP contribution is 2.17. The van der Waals surface area contributed by atoms with Gasteiger partial charge in [-0.25, -0.2) is 9.97 Å². The number of nitrogens with two attached hydrogens (primary N) is 1. The van der Waals surface area contributed by atoms with Crippen LogP contribution in [0.3, 0.4) is 0 Å². The van der Waals surface area contributed by atoms with E-state index in [4.69, 9.17) is 5.73 Å². The van der Waals surface area contributed by atoms with Crippen molar-refractivity contribution in [1.82, 2.24) is 15.3 Å². The molecular formula is C14H26N6O. The molecule has 0 aliphatic carbocycles. The Morgan fingerprint density at radius 1 is 1.05 bits per heavy atom. The summed E-state index contributed by atoms with van der Waals surface area (Å²) in [7, 11) is 0. The van der Waals surface area contributed by atoms with E-state index >= 15 is 0 Å². The van der Waals surface area contributed by atoms with Crippen molar-refractivity contribution in [2.24, 2.45) is 5.73 Å². The van der Waals surface area contributed by atoms with Gasteiger partial charge in [0, 0.05) is 26.2 Å². The first-order valence-electron chi connectivity index (χ1n) is 7.48. The van der Waals surface area contributed by atoms with Crippen LogP contribution in [-0.2, 0) is 0 Å². The Bertz CT molecular complexity index is 463. The lowest BCUT2D eigenvalue weighted by Gasteiger charge is -2.14. The van der Waals surface area contributed by atoms with Crippen molar-refractivity contribution in [3.8, 4) is 0 Å². The molecule has 0 spiro atoms. The summed E-state index contributed by atoms with van der Waals surface area (Å²) in [5, 5.41) is 9.08. The summed E-state index contributed by atoms with van der Waals surface area (Å²) in [4.78, 5) is 21.1. The maximum Gasteiger partial charge on any atom is 0.273 e. The van der Waals surface area contributed by atoms with E-state index < -0.39 is 0 Å². The van der Waals surface area contributed by atoms with Crippen molar-refractivity contribution >= 4 is 17.5 Å². The number of hydrogen-bond donors (Lipinski definition) is 4. The third-order valence-corrected chi connectivity index (χ3v) is 2.80. The van der Waals surface area contributed by atoms with Gasteiger partial charge in [-0.1, -0.05) is 13.8 Å². The first-order chi connectivity index (χ1) is 10.1. The van der Waals surface area contributed by atoms with Gasteiger partial charge < -0.3 is 21.7 Å². The van der Waals surface area contributed by atoms with E-state index in [1.165, 1.54) is 0 Å². The summed E-state index contributed by atoms with van der Waals surface area (Å²) >= 11 is 0. The average Bonchev–Trinajstić information content (AvgIpc) is 2.49. The monoisotopic (exact) mass is 294 g/mol.